The lowest BCUT2D eigenvalue weighted by atomic mass is 10.2. The lowest BCUT2D eigenvalue weighted by Crippen LogP contribution is -2.52. The van der Waals surface area contributed by atoms with E-state index >= 15 is 0 Å². The number of rotatable bonds is 4. The zero-order valence-electron chi connectivity index (χ0n) is 12.9. The van der Waals surface area contributed by atoms with Crippen LogP contribution in [0.25, 0.3) is 0 Å². The summed E-state index contributed by atoms with van der Waals surface area (Å²) in [6.07, 6.45) is 4.49. The lowest BCUT2D eigenvalue weighted by Gasteiger charge is -2.35. The maximum atomic E-state index is 12.2. The fraction of sp³-hybridized carbons (Fsp3) is 0.625. The number of piperazine rings is 1. The van der Waals surface area contributed by atoms with E-state index in [2.05, 4.69) is 15.2 Å². The van der Waals surface area contributed by atoms with Crippen molar-refractivity contribution >= 4 is 6.03 Å². The molecule has 0 unspecified atom stereocenters. The summed E-state index contributed by atoms with van der Waals surface area (Å²) in [5, 5.41) is 2.94. The third kappa shape index (κ3) is 4.18. The van der Waals surface area contributed by atoms with E-state index in [0.717, 1.165) is 45.0 Å². The number of amides is 2. The van der Waals surface area contributed by atoms with Crippen LogP contribution < -0.4 is 5.32 Å². The Morgan fingerprint density at radius 2 is 2.18 bits per heavy atom. The normalized spacial score (nSPS) is 22.7. The van der Waals surface area contributed by atoms with Crippen LogP contribution in [0.15, 0.2) is 24.4 Å². The topological polar surface area (TPSA) is 57.7 Å². The van der Waals surface area contributed by atoms with Gasteiger partial charge in [-0.25, -0.2) is 4.79 Å². The van der Waals surface area contributed by atoms with Crippen molar-refractivity contribution in [3.63, 3.8) is 0 Å². The zero-order chi connectivity index (χ0) is 15.2. The Labute approximate surface area is 131 Å². The van der Waals surface area contributed by atoms with Gasteiger partial charge in [-0.3, -0.25) is 9.88 Å². The summed E-state index contributed by atoms with van der Waals surface area (Å²) >= 11 is 0. The SMILES string of the molecule is O=C(NCc1ccccn1)N1CCN(C[C@@H]2CCCO2)CC1. The average molecular weight is 304 g/mol. The fourth-order valence-electron chi connectivity index (χ4n) is 2.99. The van der Waals surface area contributed by atoms with E-state index in [4.69, 9.17) is 4.74 Å². The van der Waals surface area contributed by atoms with E-state index in [1.807, 2.05) is 23.1 Å². The first-order chi connectivity index (χ1) is 10.8. The molecule has 2 amide bonds. The van der Waals surface area contributed by atoms with Crippen molar-refractivity contribution in [2.75, 3.05) is 39.3 Å². The second-order valence-electron chi connectivity index (χ2n) is 5.90. The van der Waals surface area contributed by atoms with Crippen LogP contribution in [0.1, 0.15) is 18.5 Å². The molecule has 0 radical (unpaired) electrons. The zero-order valence-corrected chi connectivity index (χ0v) is 12.9. The average Bonchev–Trinajstić information content (AvgIpc) is 3.07. The van der Waals surface area contributed by atoms with Crippen molar-refractivity contribution in [3.05, 3.63) is 30.1 Å². The van der Waals surface area contributed by atoms with Gasteiger partial charge in [-0.05, 0) is 25.0 Å². The molecular weight excluding hydrogens is 280 g/mol. The Balaban J connectivity index is 1.38. The summed E-state index contributed by atoms with van der Waals surface area (Å²) in [7, 11) is 0. The van der Waals surface area contributed by atoms with Gasteiger partial charge in [0.15, 0.2) is 0 Å². The van der Waals surface area contributed by atoms with Gasteiger partial charge in [-0.2, -0.15) is 0 Å². The first kappa shape index (κ1) is 15.2. The van der Waals surface area contributed by atoms with Gasteiger partial charge >= 0.3 is 6.03 Å². The number of hydrogen-bond donors (Lipinski definition) is 1. The van der Waals surface area contributed by atoms with Crippen LogP contribution in [0.3, 0.4) is 0 Å². The Bertz CT molecular complexity index is 468. The summed E-state index contributed by atoms with van der Waals surface area (Å²) in [6.45, 7) is 5.80. The van der Waals surface area contributed by atoms with E-state index in [1.54, 1.807) is 6.20 Å². The molecule has 3 rings (SSSR count). The highest BCUT2D eigenvalue weighted by molar-refractivity contribution is 5.74. The molecule has 0 saturated carbocycles. The van der Waals surface area contributed by atoms with E-state index in [-0.39, 0.29) is 6.03 Å². The highest BCUT2D eigenvalue weighted by Crippen LogP contribution is 2.14. The van der Waals surface area contributed by atoms with Crippen molar-refractivity contribution in [1.29, 1.82) is 0 Å². The first-order valence-electron chi connectivity index (χ1n) is 8.08. The molecule has 0 aliphatic carbocycles. The summed E-state index contributed by atoms with van der Waals surface area (Å²) in [4.78, 5) is 20.7. The second kappa shape index (κ2) is 7.56. The Kier molecular flexibility index (Phi) is 5.24. The Morgan fingerprint density at radius 1 is 1.32 bits per heavy atom. The van der Waals surface area contributed by atoms with Gasteiger partial charge in [0.25, 0.3) is 0 Å². The van der Waals surface area contributed by atoms with Gasteiger partial charge in [-0.1, -0.05) is 6.07 Å². The second-order valence-corrected chi connectivity index (χ2v) is 5.90. The highest BCUT2D eigenvalue weighted by atomic mass is 16.5. The van der Waals surface area contributed by atoms with E-state index in [0.29, 0.717) is 12.6 Å². The molecule has 120 valence electrons. The predicted octanol–water partition coefficient (Wildman–Crippen LogP) is 1.09. The van der Waals surface area contributed by atoms with E-state index in [1.165, 1.54) is 12.8 Å². The predicted molar refractivity (Wildman–Crippen MR) is 83.5 cm³/mol. The molecule has 1 aromatic rings. The van der Waals surface area contributed by atoms with Crippen molar-refractivity contribution in [1.82, 2.24) is 20.1 Å². The summed E-state index contributed by atoms with van der Waals surface area (Å²) < 4.78 is 5.68. The molecule has 0 aromatic carbocycles. The largest absolute Gasteiger partial charge is 0.377 e. The molecule has 2 aliphatic rings. The molecule has 2 saturated heterocycles. The number of carbonyl (C=O) groups excluding carboxylic acids is 1. The molecule has 1 aromatic heterocycles. The smallest absolute Gasteiger partial charge is 0.317 e. The maximum Gasteiger partial charge on any atom is 0.317 e. The van der Waals surface area contributed by atoms with Gasteiger partial charge in [0, 0.05) is 45.5 Å². The minimum atomic E-state index is 0.00224. The molecule has 3 heterocycles. The van der Waals surface area contributed by atoms with Crippen molar-refractivity contribution in [3.8, 4) is 0 Å². The molecule has 22 heavy (non-hydrogen) atoms. The Morgan fingerprint density at radius 3 is 2.86 bits per heavy atom. The molecular formula is C16H24N4O2. The van der Waals surface area contributed by atoms with Crippen LogP contribution in [0.4, 0.5) is 4.79 Å². The third-order valence-electron chi connectivity index (χ3n) is 4.29. The van der Waals surface area contributed by atoms with Gasteiger partial charge in [0.2, 0.25) is 0 Å². The number of carbonyl (C=O) groups is 1. The van der Waals surface area contributed by atoms with E-state index < -0.39 is 0 Å². The molecule has 0 bridgehead atoms. The van der Waals surface area contributed by atoms with Gasteiger partial charge in [-0.15, -0.1) is 0 Å². The number of hydrogen-bond acceptors (Lipinski definition) is 4. The minimum absolute atomic E-state index is 0.00224. The maximum absolute atomic E-state index is 12.2. The standard InChI is InChI=1S/C16H24N4O2/c21-16(18-12-14-4-1-2-6-17-14)20-9-7-19(8-10-20)13-15-5-3-11-22-15/h1-2,4,6,15H,3,5,7-13H2,(H,18,21)/t15-/m0/s1. The van der Waals surface area contributed by atoms with E-state index in [9.17, 15) is 4.79 Å². The molecule has 2 aliphatic heterocycles. The molecule has 0 spiro atoms. The first-order valence-corrected chi connectivity index (χ1v) is 8.08. The summed E-state index contributed by atoms with van der Waals surface area (Å²) in [5.41, 5.74) is 0.882. The number of pyridine rings is 1. The molecule has 1 N–H and O–H groups in total. The molecule has 2 fully saturated rings. The molecule has 6 heteroatoms. The summed E-state index contributed by atoms with van der Waals surface area (Å²) in [6, 6.07) is 5.72. The van der Waals surface area contributed by atoms with Crippen LogP contribution >= 0.6 is 0 Å². The highest BCUT2D eigenvalue weighted by Gasteiger charge is 2.24. The van der Waals surface area contributed by atoms with Gasteiger partial charge < -0.3 is 15.0 Å². The third-order valence-corrected chi connectivity index (χ3v) is 4.29. The molecule has 6 nitrogen and oxygen atoms in total. The van der Waals surface area contributed by atoms with Crippen LogP contribution in [0, 0.1) is 0 Å². The number of nitrogens with zero attached hydrogens (tertiary/aromatic N) is 3. The van der Waals surface area contributed by atoms with Gasteiger partial charge in [0.05, 0.1) is 18.3 Å². The number of nitrogens with one attached hydrogen (secondary N) is 1. The monoisotopic (exact) mass is 304 g/mol. The van der Waals surface area contributed by atoms with Crippen LogP contribution in [0.2, 0.25) is 0 Å². The number of ether oxygens (including phenoxy) is 1. The van der Waals surface area contributed by atoms with Crippen molar-refractivity contribution in [2.24, 2.45) is 0 Å². The van der Waals surface area contributed by atoms with Crippen molar-refractivity contribution < 1.29 is 9.53 Å². The number of urea groups is 1. The quantitative estimate of drug-likeness (QED) is 0.904. The van der Waals surface area contributed by atoms with Gasteiger partial charge in [0.1, 0.15) is 0 Å². The van der Waals surface area contributed by atoms with Crippen LogP contribution in [0.5, 0.6) is 0 Å². The summed E-state index contributed by atoms with van der Waals surface area (Å²) in [5.74, 6) is 0. The fourth-order valence-corrected chi connectivity index (χ4v) is 2.99. The lowest BCUT2D eigenvalue weighted by molar-refractivity contribution is 0.0561. The van der Waals surface area contributed by atoms with Crippen LogP contribution in [-0.4, -0.2) is 66.2 Å². The van der Waals surface area contributed by atoms with Crippen molar-refractivity contribution in [2.45, 2.75) is 25.5 Å². The number of aromatic nitrogens is 1. The molecule has 1 atom stereocenters. The minimum Gasteiger partial charge on any atom is -0.377 e. The van der Waals surface area contributed by atoms with Crippen LogP contribution in [-0.2, 0) is 11.3 Å². The Hall–Kier alpha value is -1.66.